The van der Waals surface area contributed by atoms with Crippen molar-refractivity contribution in [3.63, 3.8) is 0 Å². The van der Waals surface area contributed by atoms with E-state index in [1.54, 1.807) is 0 Å². The zero-order chi connectivity index (χ0) is 17.5. The summed E-state index contributed by atoms with van der Waals surface area (Å²) in [6.07, 6.45) is 3.62. The molecule has 6 nitrogen and oxygen atoms in total. The highest BCUT2D eigenvalue weighted by atomic mass is 32.1. The number of nitrogens with zero attached hydrogens (tertiary/aromatic N) is 3. The molecule has 0 bridgehead atoms. The Bertz CT molecular complexity index is 704. The first kappa shape index (κ1) is 17.4. The molecule has 132 valence electrons. The van der Waals surface area contributed by atoms with Gasteiger partial charge in [0.1, 0.15) is 11.6 Å². The molecular weight excluding hydrogens is 334 g/mol. The molecule has 0 radical (unpaired) electrons. The lowest BCUT2D eigenvalue weighted by molar-refractivity contribution is 0.461. The van der Waals surface area contributed by atoms with Crippen LogP contribution in [0.2, 0.25) is 0 Å². The molecule has 0 spiro atoms. The van der Waals surface area contributed by atoms with E-state index in [0.717, 1.165) is 31.2 Å². The maximum absolute atomic E-state index is 5.91. The number of para-hydroxylation sites is 1. The van der Waals surface area contributed by atoms with Gasteiger partial charge in [0.15, 0.2) is 5.11 Å². The minimum Gasteiger partial charge on any atom is -0.439 e. The van der Waals surface area contributed by atoms with E-state index in [4.69, 9.17) is 17.0 Å². The minimum absolute atomic E-state index is 0.444. The molecule has 1 saturated heterocycles. The Balaban J connectivity index is 1.85. The second-order valence-electron chi connectivity index (χ2n) is 5.84. The summed E-state index contributed by atoms with van der Waals surface area (Å²) in [6, 6.07) is 11.5. The lowest BCUT2D eigenvalue weighted by Gasteiger charge is -2.28. The summed E-state index contributed by atoms with van der Waals surface area (Å²) in [6.45, 7) is 4.73. The molecule has 1 aromatic heterocycles. The molecule has 0 amide bonds. The molecule has 1 fully saturated rings. The lowest BCUT2D eigenvalue weighted by atomic mass is 10.1. The van der Waals surface area contributed by atoms with E-state index in [1.165, 1.54) is 19.3 Å². The predicted octanol–water partition coefficient (Wildman–Crippen LogP) is 3.57. The summed E-state index contributed by atoms with van der Waals surface area (Å²) in [5.41, 5.74) is 0. The van der Waals surface area contributed by atoms with Crippen molar-refractivity contribution in [2.45, 2.75) is 26.2 Å². The Morgan fingerprint density at radius 1 is 1.16 bits per heavy atom. The van der Waals surface area contributed by atoms with Crippen LogP contribution >= 0.6 is 12.2 Å². The van der Waals surface area contributed by atoms with Gasteiger partial charge in [-0.2, -0.15) is 9.97 Å². The number of anilines is 2. The normalized spacial score (nSPS) is 14.0. The monoisotopic (exact) mass is 357 g/mol. The third-order valence-electron chi connectivity index (χ3n) is 3.90. The number of ether oxygens (including phenoxy) is 1. The third-order valence-corrected chi connectivity index (χ3v) is 4.14. The van der Waals surface area contributed by atoms with Gasteiger partial charge in [-0.1, -0.05) is 18.2 Å². The quantitative estimate of drug-likeness (QED) is 0.793. The highest BCUT2D eigenvalue weighted by Gasteiger charge is 2.16. The van der Waals surface area contributed by atoms with Crippen LogP contribution in [0, 0.1) is 0 Å². The largest absolute Gasteiger partial charge is 0.439 e. The zero-order valence-corrected chi connectivity index (χ0v) is 15.2. The highest BCUT2D eigenvalue weighted by Crippen LogP contribution is 2.26. The van der Waals surface area contributed by atoms with Crippen molar-refractivity contribution < 1.29 is 4.74 Å². The van der Waals surface area contributed by atoms with E-state index < -0.39 is 0 Å². The van der Waals surface area contributed by atoms with Crippen LogP contribution < -0.4 is 20.3 Å². The van der Waals surface area contributed by atoms with E-state index >= 15 is 0 Å². The molecule has 1 aliphatic rings. The molecule has 1 aromatic carbocycles. The smallest absolute Gasteiger partial charge is 0.234 e. The molecule has 1 aliphatic heterocycles. The molecular formula is C18H23N5OS. The van der Waals surface area contributed by atoms with Crippen molar-refractivity contribution >= 4 is 29.1 Å². The van der Waals surface area contributed by atoms with Gasteiger partial charge in [0.25, 0.3) is 0 Å². The average Bonchev–Trinajstić information content (AvgIpc) is 2.63. The Hall–Kier alpha value is -2.41. The summed E-state index contributed by atoms with van der Waals surface area (Å²) in [5.74, 6) is 2.55. The summed E-state index contributed by atoms with van der Waals surface area (Å²) in [4.78, 5) is 11.3. The molecule has 2 heterocycles. The molecule has 2 aromatic rings. The number of rotatable bonds is 5. The molecule has 0 unspecified atom stereocenters. The zero-order valence-electron chi connectivity index (χ0n) is 14.4. The lowest BCUT2D eigenvalue weighted by Crippen LogP contribution is -2.31. The number of piperidine rings is 1. The molecule has 2 N–H and O–H groups in total. The van der Waals surface area contributed by atoms with Crippen molar-refractivity contribution in [2.75, 3.05) is 29.9 Å². The van der Waals surface area contributed by atoms with E-state index in [-0.39, 0.29) is 0 Å². The molecule has 0 saturated carbocycles. The topological polar surface area (TPSA) is 62.3 Å². The van der Waals surface area contributed by atoms with Gasteiger partial charge in [0.05, 0.1) is 0 Å². The van der Waals surface area contributed by atoms with Crippen molar-refractivity contribution in [1.82, 2.24) is 15.3 Å². The Morgan fingerprint density at radius 3 is 2.64 bits per heavy atom. The van der Waals surface area contributed by atoms with Gasteiger partial charge in [-0.05, 0) is 50.5 Å². The summed E-state index contributed by atoms with van der Waals surface area (Å²) in [7, 11) is 0. The standard InChI is InChI=1S/C18H23N5OS/c1-2-19-18(25)22-17-20-15(23-11-7-4-8-12-23)13-16(21-17)24-14-9-5-3-6-10-14/h3,5-6,9-10,13H,2,4,7-8,11-12H2,1H3,(H2,19,20,21,22,25). The fraction of sp³-hybridized carbons (Fsp3) is 0.389. The average molecular weight is 357 g/mol. The summed E-state index contributed by atoms with van der Waals surface area (Å²) >= 11 is 5.25. The maximum Gasteiger partial charge on any atom is 0.234 e. The summed E-state index contributed by atoms with van der Waals surface area (Å²) < 4.78 is 5.91. The van der Waals surface area contributed by atoms with Crippen LogP contribution in [0.15, 0.2) is 36.4 Å². The van der Waals surface area contributed by atoms with Crippen LogP contribution in [0.25, 0.3) is 0 Å². The number of aromatic nitrogens is 2. The van der Waals surface area contributed by atoms with Crippen LogP contribution in [-0.4, -0.2) is 34.7 Å². The van der Waals surface area contributed by atoms with E-state index in [0.29, 0.717) is 16.9 Å². The minimum atomic E-state index is 0.444. The van der Waals surface area contributed by atoms with Crippen LogP contribution in [0.1, 0.15) is 26.2 Å². The maximum atomic E-state index is 5.91. The van der Waals surface area contributed by atoms with Crippen molar-refractivity contribution in [3.05, 3.63) is 36.4 Å². The SMILES string of the molecule is CCNC(=S)Nc1nc(Oc2ccccc2)cc(N2CCCCC2)n1. The highest BCUT2D eigenvalue weighted by molar-refractivity contribution is 7.80. The second kappa shape index (κ2) is 8.62. The van der Waals surface area contributed by atoms with Gasteiger partial charge in [-0.3, -0.25) is 0 Å². The molecule has 0 aliphatic carbocycles. The van der Waals surface area contributed by atoms with E-state index in [1.807, 2.05) is 43.3 Å². The van der Waals surface area contributed by atoms with Gasteiger partial charge in [0.2, 0.25) is 11.8 Å². The molecule has 25 heavy (non-hydrogen) atoms. The summed E-state index contributed by atoms with van der Waals surface area (Å²) in [5, 5.41) is 6.59. The van der Waals surface area contributed by atoms with Crippen molar-refractivity contribution in [2.24, 2.45) is 0 Å². The number of hydrogen-bond donors (Lipinski definition) is 2. The van der Waals surface area contributed by atoms with Crippen LogP contribution in [0.5, 0.6) is 11.6 Å². The fourth-order valence-corrected chi connectivity index (χ4v) is 2.96. The van der Waals surface area contributed by atoms with Crippen LogP contribution in [0.4, 0.5) is 11.8 Å². The van der Waals surface area contributed by atoms with E-state index in [9.17, 15) is 0 Å². The van der Waals surface area contributed by atoms with Crippen molar-refractivity contribution in [3.8, 4) is 11.6 Å². The predicted molar refractivity (Wildman–Crippen MR) is 105 cm³/mol. The van der Waals surface area contributed by atoms with Gasteiger partial charge in [-0.15, -0.1) is 0 Å². The van der Waals surface area contributed by atoms with E-state index in [2.05, 4.69) is 25.5 Å². The number of nitrogens with one attached hydrogen (secondary N) is 2. The number of thiocarbonyl (C=S) groups is 1. The van der Waals surface area contributed by atoms with Gasteiger partial charge >= 0.3 is 0 Å². The van der Waals surface area contributed by atoms with Crippen LogP contribution in [-0.2, 0) is 0 Å². The number of hydrogen-bond acceptors (Lipinski definition) is 5. The molecule has 7 heteroatoms. The van der Waals surface area contributed by atoms with Crippen molar-refractivity contribution in [1.29, 1.82) is 0 Å². The molecule has 3 rings (SSSR count). The Kier molecular flexibility index (Phi) is 6.00. The Labute approximate surface area is 153 Å². The fourth-order valence-electron chi connectivity index (χ4n) is 2.72. The number of benzene rings is 1. The first-order valence-electron chi connectivity index (χ1n) is 8.66. The Morgan fingerprint density at radius 2 is 1.92 bits per heavy atom. The van der Waals surface area contributed by atoms with Gasteiger partial charge in [-0.25, -0.2) is 0 Å². The van der Waals surface area contributed by atoms with Gasteiger partial charge in [0, 0.05) is 25.7 Å². The second-order valence-corrected chi connectivity index (χ2v) is 6.24. The van der Waals surface area contributed by atoms with Crippen LogP contribution in [0.3, 0.4) is 0 Å². The third kappa shape index (κ3) is 5.03. The van der Waals surface area contributed by atoms with Gasteiger partial charge < -0.3 is 20.3 Å². The first-order valence-corrected chi connectivity index (χ1v) is 9.07. The first-order chi connectivity index (χ1) is 12.2. The molecule has 0 atom stereocenters.